The highest BCUT2D eigenvalue weighted by Gasteiger charge is 2.25. The third-order valence-corrected chi connectivity index (χ3v) is 6.35. The summed E-state index contributed by atoms with van der Waals surface area (Å²) < 4.78 is 11.2. The molecule has 0 spiro atoms. The molecule has 0 N–H and O–H groups in total. The normalized spacial score (nSPS) is 18.5. The number of ether oxygens (including phenoxy) is 2. The Morgan fingerprint density at radius 2 is 1.69 bits per heavy atom. The Kier molecular flexibility index (Phi) is 7.30. The summed E-state index contributed by atoms with van der Waals surface area (Å²) in [4.78, 5) is 29.3. The summed E-state index contributed by atoms with van der Waals surface area (Å²) in [5, 5.41) is 0. The van der Waals surface area contributed by atoms with Gasteiger partial charge in [-0.25, -0.2) is 0 Å². The molecule has 0 saturated carbocycles. The molecule has 0 unspecified atom stereocenters. The molecule has 2 aliphatic rings. The van der Waals surface area contributed by atoms with Gasteiger partial charge in [-0.2, -0.15) is 0 Å². The predicted octanol–water partition coefficient (Wildman–Crippen LogP) is 3.79. The number of amides is 2. The Balaban J connectivity index is 1.29. The lowest BCUT2D eigenvalue weighted by Gasteiger charge is -2.32. The first-order valence-electron chi connectivity index (χ1n) is 11.6. The minimum absolute atomic E-state index is 0.0842. The highest BCUT2D eigenvalue weighted by molar-refractivity contribution is 5.94. The molecule has 2 aromatic carbocycles. The van der Waals surface area contributed by atoms with Crippen molar-refractivity contribution in [1.82, 2.24) is 9.80 Å². The Morgan fingerprint density at radius 1 is 0.938 bits per heavy atom. The molecule has 2 aliphatic heterocycles. The largest absolute Gasteiger partial charge is 0.497 e. The first kappa shape index (κ1) is 22.2. The van der Waals surface area contributed by atoms with Gasteiger partial charge >= 0.3 is 0 Å². The number of benzene rings is 2. The van der Waals surface area contributed by atoms with Gasteiger partial charge in [0.2, 0.25) is 5.91 Å². The van der Waals surface area contributed by atoms with Gasteiger partial charge in [-0.1, -0.05) is 18.2 Å². The minimum atomic E-state index is 0.0842. The maximum atomic E-state index is 12.8. The van der Waals surface area contributed by atoms with Crippen LogP contribution in [0.25, 0.3) is 0 Å². The monoisotopic (exact) mass is 436 g/mol. The fourth-order valence-corrected chi connectivity index (χ4v) is 4.49. The van der Waals surface area contributed by atoms with Crippen LogP contribution < -0.4 is 9.47 Å². The van der Waals surface area contributed by atoms with E-state index in [0.717, 1.165) is 62.4 Å². The van der Waals surface area contributed by atoms with Crippen LogP contribution in [0.4, 0.5) is 0 Å². The molecule has 2 fully saturated rings. The van der Waals surface area contributed by atoms with Crippen molar-refractivity contribution in [1.29, 1.82) is 0 Å². The minimum Gasteiger partial charge on any atom is -0.497 e. The van der Waals surface area contributed by atoms with Crippen molar-refractivity contribution in [3.63, 3.8) is 0 Å². The number of piperidine rings is 1. The second-order valence-electron chi connectivity index (χ2n) is 8.71. The topological polar surface area (TPSA) is 59.1 Å². The van der Waals surface area contributed by atoms with E-state index in [-0.39, 0.29) is 11.8 Å². The van der Waals surface area contributed by atoms with E-state index < -0.39 is 0 Å². The van der Waals surface area contributed by atoms with Crippen molar-refractivity contribution in [3.05, 3.63) is 59.7 Å². The molecule has 32 heavy (non-hydrogen) atoms. The van der Waals surface area contributed by atoms with Crippen LogP contribution in [0.3, 0.4) is 0 Å². The second-order valence-corrected chi connectivity index (χ2v) is 8.71. The maximum absolute atomic E-state index is 12.8. The summed E-state index contributed by atoms with van der Waals surface area (Å²) >= 11 is 0. The number of nitrogens with zero attached hydrogens (tertiary/aromatic N) is 2. The summed E-state index contributed by atoms with van der Waals surface area (Å²) in [6, 6.07) is 15.1. The highest BCUT2D eigenvalue weighted by Crippen LogP contribution is 2.22. The quantitative estimate of drug-likeness (QED) is 0.663. The lowest BCUT2D eigenvalue weighted by molar-refractivity contribution is -0.132. The molecule has 6 heteroatoms. The van der Waals surface area contributed by atoms with Gasteiger partial charge in [-0.15, -0.1) is 0 Å². The molecule has 4 rings (SSSR count). The number of carbonyl (C=O) groups is 2. The number of hydrogen-bond acceptors (Lipinski definition) is 4. The Morgan fingerprint density at radius 3 is 2.44 bits per heavy atom. The Labute approximate surface area is 190 Å². The lowest BCUT2D eigenvalue weighted by atomic mass is 9.98. The molecule has 0 aliphatic carbocycles. The van der Waals surface area contributed by atoms with Crippen molar-refractivity contribution in [3.8, 4) is 11.5 Å². The first-order chi connectivity index (χ1) is 15.6. The van der Waals surface area contributed by atoms with Crippen LogP contribution in [0.5, 0.6) is 11.5 Å². The molecule has 0 bridgehead atoms. The van der Waals surface area contributed by atoms with Crippen LogP contribution in [-0.4, -0.2) is 61.5 Å². The summed E-state index contributed by atoms with van der Waals surface area (Å²) in [5.41, 5.74) is 1.68. The van der Waals surface area contributed by atoms with Gasteiger partial charge in [0.15, 0.2) is 0 Å². The van der Waals surface area contributed by atoms with Crippen molar-refractivity contribution in [2.45, 2.75) is 32.1 Å². The fraction of sp³-hybridized carbons (Fsp3) is 0.462. The van der Waals surface area contributed by atoms with Gasteiger partial charge in [0.05, 0.1) is 20.1 Å². The molecular weight excluding hydrogens is 404 g/mol. The van der Waals surface area contributed by atoms with Crippen molar-refractivity contribution in [2.75, 3.05) is 39.9 Å². The zero-order valence-corrected chi connectivity index (χ0v) is 18.8. The molecule has 2 heterocycles. The average Bonchev–Trinajstić information content (AvgIpc) is 3.38. The van der Waals surface area contributed by atoms with Crippen LogP contribution in [0.15, 0.2) is 48.5 Å². The van der Waals surface area contributed by atoms with E-state index >= 15 is 0 Å². The van der Waals surface area contributed by atoms with E-state index in [1.807, 2.05) is 58.3 Å². The maximum Gasteiger partial charge on any atom is 0.253 e. The molecule has 2 aromatic rings. The zero-order valence-electron chi connectivity index (χ0n) is 18.8. The fourth-order valence-electron chi connectivity index (χ4n) is 4.49. The number of rotatable bonds is 7. The van der Waals surface area contributed by atoms with Crippen molar-refractivity contribution in [2.24, 2.45) is 5.92 Å². The van der Waals surface area contributed by atoms with E-state index in [4.69, 9.17) is 9.47 Å². The van der Waals surface area contributed by atoms with Gasteiger partial charge in [0, 0.05) is 37.7 Å². The van der Waals surface area contributed by atoms with E-state index in [0.29, 0.717) is 31.1 Å². The van der Waals surface area contributed by atoms with E-state index in [1.54, 1.807) is 7.11 Å². The summed E-state index contributed by atoms with van der Waals surface area (Å²) in [6.07, 6.45) is 4.58. The van der Waals surface area contributed by atoms with Gasteiger partial charge in [-0.05, 0) is 61.6 Å². The molecule has 2 saturated heterocycles. The summed E-state index contributed by atoms with van der Waals surface area (Å²) in [5.74, 6) is 2.04. The van der Waals surface area contributed by atoms with Crippen LogP contribution in [0.2, 0.25) is 0 Å². The van der Waals surface area contributed by atoms with Crippen LogP contribution >= 0.6 is 0 Å². The molecule has 0 radical (unpaired) electrons. The molecular formula is C26H32N2O4. The Hall–Kier alpha value is -3.02. The van der Waals surface area contributed by atoms with Gasteiger partial charge in [0.1, 0.15) is 11.5 Å². The first-order valence-corrected chi connectivity index (χ1v) is 11.6. The van der Waals surface area contributed by atoms with Gasteiger partial charge in [0.25, 0.3) is 5.91 Å². The molecule has 2 amide bonds. The summed E-state index contributed by atoms with van der Waals surface area (Å²) in [7, 11) is 1.64. The summed E-state index contributed by atoms with van der Waals surface area (Å²) in [6.45, 7) is 3.74. The number of hydrogen-bond donors (Lipinski definition) is 0. The molecule has 170 valence electrons. The van der Waals surface area contributed by atoms with E-state index in [2.05, 4.69) is 0 Å². The van der Waals surface area contributed by atoms with Crippen molar-refractivity contribution >= 4 is 11.8 Å². The zero-order chi connectivity index (χ0) is 22.3. The van der Waals surface area contributed by atoms with Gasteiger partial charge < -0.3 is 19.3 Å². The van der Waals surface area contributed by atoms with E-state index in [1.165, 1.54) is 0 Å². The number of methoxy groups -OCH3 is 1. The third kappa shape index (κ3) is 5.61. The molecule has 1 atom stereocenters. The predicted molar refractivity (Wildman–Crippen MR) is 123 cm³/mol. The standard InChI is InChI=1S/C26H32N2O4/c1-31-23-11-9-20(10-12-23)16-25(29)28-15-5-6-21(18-28)19-32-24-8-4-7-22(17-24)26(30)27-13-2-3-14-27/h4,7-12,17,21H,2-3,5-6,13-16,18-19H2,1H3/t21-/m1/s1. The van der Waals surface area contributed by atoms with Crippen LogP contribution in [0, 0.1) is 5.92 Å². The number of likely N-dealkylation sites (tertiary alicyclic amines) is 2. The average molecular weight is 437 g/mol. The van der Waals surface area contributed by atoms with E-state index in [9.17, 15) is 9.59 Å². The number of carbonyl (C=O) groups excluding carboxylic acids is 2. The highest BCUT2D eigenvalue weighted by atomic mass is 16.5. The third-order valence-electron chi connectivity index (χ3n) is 6.35. The molecule has 6 nitrogen and oxygen atoms in total. The lowest BCUT2D eigenvalue weighted by Crippen LogP contribution is -2.42. The second kappa shape index (κ2) is 10.5. The van der Waals surface area contributed by atoms with Crippen molar-refractivity contribution < 1.29 is 19.1 Å². The Bertz CT molecular complexity index is 922. The van der Waals surface area contributed by atoms with Crippen LogP contribution in [0.1, 0.15) is 41.6 Å². The van der Waals surface area contributed by atoms with Crippen LogP contribution in [-0.2, 0) is 11.2 Å². The van der Waals surface area contributed by atoms with Gasteiger partial charge in [-0.3, -0.25) is 9.59 Å². The molecule has 0 aromatic heterocycles. The SMILES string of the molecule is COc1ccc(CC(=O)N2CCC[C@@H](COc3cccc(C(=O)N4CCCC4)c3)C2)cc1. The smallest absolute Gasteiger partial charge is 0.253 e.